The summed E-state index contributed by atoms with van der Waals surface area (Å²) in [6, 6.07) is 0. The summed E-state index contributed by atoms with van der Waals surface area (Å²) in [6.07, 6.45) is 5.10. The minimum Gasteiger partial charge on any atom is -0.292 e. The first-order valence-corrected chi connectivity index (χ1v) is 8.88. The molecule has 0 spiro atoms. The molecule has 2 amide bonds. The maximum Gasteiger partial charge on any atom is 0.263 e. The Balaban J connectivity index is 5.94. The second-order valence-corrected chi connectivity index (χ2v) is 6.21. The van der Waals surface area contributed by atoms with E-state index in [1.807, 2.05) is 27.7 Å². The van der Waals surface area contributed by atoms with Crippen LogP contribution in [0.5, 0.6) is 0 Å². The summed E-state index contributed by atoms with van der Waals surface area (Å²) in [4.78, 5) is 24.7. The lowest BCUT2D eigenvalue weighted by molar-refractivity contribution is -0.129. The van der Waals surface area contributed by atoms with Gasteiger partial charge in [-0.3, -0.25) is 20.4 Å². The van der Waals surface area contributed by atoms with Gasteiger partial charge in [0.15, 0.2) is 11.1 Å². The zero-order chi connectivity index (χ0) is 18.6. The van der Waals surface area contributed by atoms with Crippen LogP contribution in [-0.4, -0.2) is 22.9 Å². The molecule has 140 valence electrons. The van der Waals surface area contributed by atoms with Crippen molar-refractivity contribution < 1.29 is 9.59 Å². The van der Waals surface area contributed by atoms with Gasteiger partial charge in [0.2, 0.25) is 0 Å². The fourth-order valence-corrected chi connectivity index (χ4v) is 3.11. The number of hydrogen-bond donors (Lipinski definition) is 4. The second-order valence-electron chi connectivity index (χ2n) is 6.21. The largest absolute Gasteiger partial charge is 0.292 e. The molecule has 0 saturated heterocycles. The Morgan fingerprint density at radius 2 is 0.958 bits per heavy atom. The molecule has 0 aliphatic heterocycles. The standard InChI is InChI=1S/C16H34N6O2/c1-5-9-15(10-6-2,13(23)19-17)21-22-16(11-7-3,12-8-4)14(24)20-18/h5-12,17-18H2,1-4H3,(H,19,23)(H,20,24). The van der Waals surface area contributed by atoms with Crippen LogP contribution in [0.2, 0.25) is 0 Å². The van der Waals surface area contributed by atoms with E-state index < -0.39 is 11.1 Å². The van der Waals surface area contributed by atoms with E-state index in [0.29, 0.717) is 25.7 Å². The number of carbonyl (C=O) groups is 2. The third-order valence-electron chi connectivity index (χ3n) is 4.19. The highest BCUT2D eigenvalue weighted by Crippen LogP contribution is 2.31. The van der Waals surface area contributed by atoms with Crippen LogP contribution >= 0.6 is 0 Å². The van der Waals surface area contributed by atoms with Crippen molar-refractivity contribution in [1.29, 1.82) is 0 Å². The van der Waals surface area contributed by atoms with Crippen molar-refractivity contribution in [3.8, 4) is 0 Å². The number of hydrazine groups is 2. The van der Waals surface area contributed by atoms with Gasteiger partial charge in [-0.05, 0) is 25.7 Å². The van der Waals surface area contributed by atoms with Gasteiger partial charge in [-0.15, -0.1) is 0 Å². The molecule has 0 saturated carbocycles. The summed E-state index contributed by atoms with van der Waals surface area (Å²) in [6.45, 7) is 7.90. The van der Waals surface area contributed by atoms with Crippen LogP contribution in [0, 0.1) is 0 Å². The first-order valence-electron chi connectivity index (χ1n) is 8.88. The number of amides is 2. The van der Waals surface area contributed by atoms with Gasteiger partial charge in [-0.2, -0.15) is 10.2 Å². The zero-order valence-corrected chi connectivity index (χ0v) is 15.5. The van der Waals surface area contributed by atoms with Crippen LogP contribution in [0.1, 0.15) is 79.1 Å². The van der Waals surface area contributed by atoms with E-state index in [-0.39, 0.29) is 11.8 Å². The third-order valence-corrected chi connectivity index (χ3v) is 4.19. The van der Waals surface area contributed by atoms with Gasteiger partial charge in [0.05, 0.1) is 0 Å². The summed E-state index contributed by atoms with van der Waals surface area (Å²) in [5, 5.41) is 8.80. The lowest BCUT2D eigenvalue weighted by Gasteiger charge is -2.30. The van der Waals surface area contributed by atoms with Crippen molar-refractivity contribution in [1.82, 2.24) is 10.9 Å². The number of azo groups is 1. The fraction of sp³-hybridized carbons (Fsp3) is 0.875. The molecule has 0 rings (SSSR count). The predicted molar refractivity (Wildman–Crippen MR) is 94.6 cm³/mol. The van der Waals surface area contributed by atoms with Crippen LogP contribution in [0.3, 0.4) is 0 Å². The van der Waals surface area contributed by atoms with Gasteiger partial charge < -0.3 is 0 Å². The molecule has 0 aromatic heterocycles. The van der Waals surface area contributed by atoms with Crippen molar-refractivity contribution in [2.75, 3.05) is 0 Å². The Labute approximate surface area is 145 Å². The predicted octanol–water partition coefficient (Wildman–Crippen LogP) is 2.10. The lowest BCUT2D eigenvalue weighted by atomic mass is 9.87. The fourth-order valence-electron chi connectivity index (χ4n) is 3.11. The Bertz CT molecular complexity index is 375. The van der Waals surface area contributed by atoms with E-state index >= 15 is 0 Å². The van der Waals surface area contributed by atoms with Crippen LogP contribution in [-0.2, 0) is 9.59 Å². The number of nitrogens with one attached hydrogen (secondary N) is 2. The molecule has 0 aromatic rings. The molecule has 8 heteroatoms. The lowest BCUT2D eigenvalue weighted by Crippen LogP contribution is -2.50. The quantitative estimate of drug-likeness (QED) is 0.187. The Hall–Kier alpha value is -1.54. The minimum atomic E-state index is -1.04. The van der Waals surface area contributed by atoms with Crippen LogP contribution in [0.4, 0.5) is 0 Å². The molecular weight excluding hydrogens is 308 g/mol. The van der Waals surface area contributed by atoms with Gasteiger partial charge in [-0.1, -0.05) is 53.4 Å². The summed E-state index contributed by atoms with van der Waals surface area (Å²) in [5.74, 6) is 9.98. The minimum absolute atomic E-state index is 0.370. The molecule has 8 nitrogen and oxygen atoms in total. The highest BCUT2D eigenvalue weighted by Gasteiger charge is 2.41. The first kappa shape index (κ1) is 22.5. The molecular formula is C16H34N6O2. The summed E-state index contributed by atoms with van der Waals surface area (Å²) in [7, 11) is 0. The highest BCUT2D eigenvalue weighted by molar-refractivity contribution is 5.87. The molecule has 0 fully saturated rings. The van der Waals surface area contributed by atoms with E-state index in [9.17, 15) is 9.59 Å². The number of carbonyl (C=O) groups excluding carboxylic acids is 2. The zero-order valence-electron chi connectivity index (χ0n) is 15.5. The molecule has 0 aliphatic carbocycles. The second kappa shape index (κ2) is 11.1. The maximum atomic E-state index is 12.4. The molecule has 0 bridgehead atoms. The first-order chi connectivity index (χ1) is 11.4. The van der Waals surface area contributed by atoms with Gasteiger partial charge in [0.25, 0.3) is 11.8 Å². The highest BCUT2D eigenvalue weighted by atomic mass is 16.2. The Morgan fingerprint density at radius 1 is 0.708 bits per heavy atom. The summed E-state index contributed by atoms with van der Waals surface area (Å²) >= 11 is 0. The van der Waals surface area contributed by atoms with Crippen LogP contribution < -0.4 is 22.5 Å². The van der Waals surface area contributed by atoms with E-state index in [2.05, 4.69) is 21.1 Å². The maximum absolute atomic E-state index is 12.4. The van der Waals surface area contributed by atoms with Crippen LogP contribution in [0.15, 0.2) is 10.2 Å². The van der Waals surface area contributed by atoms with E-state index in [1.165, 1.54) is 0 Å². The molecule has 0 heterocycles. The van der Waals surface area contributed by atoms with Crippen molar-refractivity contribution >= 4 is 11.8 Å². The van der Waals surface area contributed by atoms with Crippen molar-refractivity contribution in [2.24, 2.45) is 21.9 Å². The molecule has 24 heavy (non-hydrogen) atoms. The van der Waals surface area contributed by atoms with E-state index in [1.54, 1.807) is 0 Å². The van der Waals surface area contributed by atoms with Crippen molar-refractivity contribution in [3.05, 3.63) is 0 Å². The molecule has 6 N–H and O–H groups in total. The average Bonchev–Trinajstić information content (AvgIpc) is 2.58. The van der Waals surface area contributed by atoms with Gasteiger partial charge in [-0.25, -0.2) is 11.7 Å². The van der Waals surface area contributed by atoms with Gasteiger partial charge in [0, 0.05) is 0 Å². The molecule has 0 aromatic carbocycles. The van der Waals surface area contributed by atoms with Crippen molar-refractivity contribution in [2.45, 2.75) is 90.1 Å². The van der Waals surface area contributed by atoms with E-state index in [0.717, 1.165) is 25.7 Å². The Kier molecular flexibility index (Phi) is 10.4. The number of nitrogens with two attached hydrogens (primary N) is 2. The molecule has 0 unspecified atom stereocenters. The SMILES string of the molecule is CCCC(CCC)(N=NC(CCC)(CCC)C(=O)NN)C(=O)NN. The molecule has 0 atom stereocenters. The normalized spacial score (nSPS) is 12.4. The topological polar surface area (TPSA) is 135 Å². The third kappa shape index (κ3) is 5.52. The summed E-state index contributed by atoms with van der Waals surface area (Å²) < 4.78 is 0. The van der Waals surface area contributed by atoms with Gasteiger partial charge >= 0.3 is 0 Å². The Morgan fingerprint density at radius 3 is 1.12 bits per heavy atom. The van der Waals surface area contributed by atoms with Gasteiger partial charge in [0.1, 0.15) is 0 Å². The molecule has 0 radical (unpaired) electrons. The summed E-state index contributed by atoms with van der Waals surface area (Å²) in [5.41, 5.74) is 2.32. The number of hydrogen-bond acceptors (Lipinski definition) is 6. The monoisotopic (exact) mass is 342 g/mol. The van der Waals surface area contributed by atoms with Crippen LogP contribution in [0.25, 0.3) is 0 Å². The molecule has 0 aliphatic rings. The number of nitrogens with zero attached hydrogens (tertiary/aromatic N) is 2. The number of rotatable bonds is 12. The smallest absolute Gasteiger partial charge is 0.263 e. The van der Waals surface area contributed by atoms with Crippen molar-refractivity contribution in [3.63, 3.8) is 0 Å². The average molecular weight is 342 g/mol. The van der Waals surface area contributed by atoms with E-state index in [4.69, 9.17) is 11.7 Å².